The number of aryl methyl sites for hydroxylation is 1. The Labute approximate surface area is 200 Å². The van der Waals surface area contributed by atoms with Crippen LogP contribution in [0.15, 0.2) is 91.0 Å². The highest BCUT2D eigenvalue weighted by Gasteiger charge is 2.31. The maximum Gasteiger partial charge on any atom is 0.256 e. The molecule has 5 nitrogen and oxygen atoms in total. The lowest BCUT2D eigenvalue weighted by molar-refractivity contribution is 0.0637. The Bertz CT molecular complexity index is 1260. The van der Waals surface area contributed by atoms with Crippen molar-refractivity contribution in [3.63, 3.8) is 0 Å². The number of aromatic nitrogens is 1. The molecule has 0 unspecified atom stereocenters. The standard InChI is InChI=1S/C29H29N3O2/c1-21-18-27(28(23-8-4-2-5-9-23)32(21)24-10-6-3-7-11-24)29(34)31-17-16-30-20-25(31)19-22-12-14-26(33)15-13-22/h2-15,18,25,30,33H,16-17,19-20H2,1H3/t25-/m1/s1. The van der Waals surface area contributed by atoms with E-state index in [0.29, 0.717) is 6.54 Å². The first-order valence-corrected chi connectivity index (χ1v) is 11.7. The van der Waals surface area contributed by atoms with E-state index in [1.165, 1.54) is 0 Å². The first-order valence-electron chi connectivity index (χ1n) is 11.7. The molecule has 0 radical (unpaired) electrons. The van der Waals surface area contributed by atoms with Crippen LogP contribution in [-0.4, -0.2) is 46.2 Å². The van der Waals surface area contributed by atoms with Crippen LogP contribution < -0.4 is 5.32 Å². The second kappa shape index (κ2) is 9.57. The summed E-state index contributed by atoms with van der Waals surface area (Å²) in [6, 6.07) is 29.7. The van der Waals surface area contributed by atoms with E-state index in [4.69, 9.17) is 0 Å². The first-order chi connectivity index (χ1) is 16.6. The van der Waals surface area contributed by atoms with Gasteiger partial charge in [-0.1, -0.05) is 60.7 Å². The third-order valence-corrected chi connectivity index (χ3v) is 6.50. The number of carbonyl (C=O) groups excluding carboxylic acids is 1. The molecule has 1 atom stereocenters. The van der Waals surface area contributed by atoms with Gasteiger partial charge in [-0.05, 0) is 54.8 Å². The van der Waals surface area contributed by atoms with Crippen molar-refractivity contribution < 1.29 is 9.90 Å². The number of para-hydroxylation sites is 1. The van der Waals surface area contributed by atoms with Crippen molar-refractivity contribution >= 4 is 5.91 Å². The zero-order chi connectivity index (χ0) is 23.5. The van der Waals surface area contributed by atoms with Crippen LogP contribution in [0.3, 0.4) is 0 Å². The van der Waals surface area contributed by atoms with E-state index in [-0.39, 0.29) is 17.7 Å². The third kappa shape index (κ3) is 4.35. The number of amides is 1. The number of rotatable bonds is 5. The Balaban J connectivity index is 1.56. The van der Waals surface area contributed by atoms with Crippen LogP contribution in [0.25, 0.3) is 16.9 Å². The maximum absolute atomic E-state index is 14.1. The summed E-state index contributed by atoms with van der Waals surface area (Å²) in [7, 11) is 0. The summed E-state index contributed by atoms with van der Waals surface area (Å²) < 4.78 is 2.18. The summed E-state index contributed by atoms with van der Waals surface area (Å²) in [5, 5.41) is 13.1. The fraction of sp³-hybridized carbons (Fsp3) is 0.207. The van der Waals surface area contributed by atoms with Gasteiger partial charge in [0, 0.05) is 37.1 Å². The Morgan fingerprint density at radius 2 is 1.65 bits per heavy atom. The predicted molar refractivity (Wildman–Crippen MR) is 135 cm³/mol. The molecule has 34 heavy (non-hydrogen) atoms. The maximum atomic E-state index is 14.1. The van der Waals surface area contributed by atoms with Gasteiger partial charge in [-0.2, -0.15) is 0 Å². The van der Waals surface area contributed by atoms with E-state index in [9.17, 15) is 9.90 Å². The van der Waals surface area contributed by atoms with Crippen LogP contribution >= 0.6 is 0 Å². The van der Waals surface area contributed by atoms with Gasteiger partial charge in [0.05, 0.1) is 11.3 Å². The van der Waals surface area contributed by atoms with E-state index in [2.05, 4.69) is 41.1 Å². The van der Waals surface area contributed by atoms with Crippen molar-refractivity contribution in [1.82, 2.24) is 14.8 Å². The number of nitrogens with zero attached hydrogens (tertiary/aromatic N) is 2. The second-order valence-corrected chi connectivity index (χ2v) is 8.81. The summed E-state index contributed by atoms with van der Waals surface area (Å²) in [6.45, 7) is 4.23. The van der Waals surface area contributed by atoms with Gasteiger partial charge in [-0.3, -0.25) is 4.79 Å². The highest BCUT2D eigenvalue weighted by Crippen LogP contribution is 2.32. The molecule has 4 aromatic rings. The lowest BCUT2D eigenvalue weighted by Crippen LogP contribution is -2.54. The van der Waals surface area contributed by atoms with E-state index in [0.717, 1.165) is 53.3 Å². The molecule has 2 heterocycles. The SMILES string of the molecule is Cc1cc(C(=O)N2CCNC[C@H]2Cc2ccc(O)cc2)c(-c2ccccc2)n1-c1ccccc1. The van der Waals surface area contributed by atoms with Crippen molar-refractivity contribution in [3.05, 3.63) is 108 Å². The fourth-order valence-corrected chi connectivity index (χ4v) is 4.86. The van der Waals surface area contributed by atoms with E-state index < -0.39 is 0 Å². The molecular weight excluding hydrogens is 422 g/mol. The van der Waals surface area contributed by atoms with Gasteiger partial charge in [0.25, 0.3) is 5.91 Å². The second-order valence-electron chi connectivity index (χ2n) is 8.81. The molecule has 1 saturated heterocycles. The van der Waals surface area contributed by atoms with Crippen molar-refractivity contribution in [2.75, 3.05) is 19.6 Å². The normalized spacial score (nSPS) is 15.9. The van der Waals surface area contributed by atoms with Gasteiger partial charge in [0.2, 0.25) is 0 Å². The average Bonchev–Trinajstić information content (AvgIpc) is 3.23. The molecular formula is C29H29N3O2. The summed E-state index contributed by atoms with van der Waals surface area (Å²) in [5.74, 6) is 0.311. The summed E-state index contributed by atoms with van der Waals surface area (Å²) in [6.07, 6.45) is 0.734. The molecule has 0 aliphatic carbocycles. The summed E-state index contributed by atoms with van der Waals surface area (Å²) in [5.41, 5.74) is 5.84. The Morgan fingerprint density at radius 1 is 0.971 bits per heavy atom. The number of aromatic hydroxyl groups is 1. The average molecular weight is 452 g/mol. The molecule has 1 fully saturated rings. The van der Waals surface area contributed by atoms with Crippen LogP contribution in [0, 0.1) is 6.92 Å². The van der Waals surface area contributed by atoms with Gasteiger partial charge in [-0.15, -0.1) is 0 Å². The first kappa shape index (κ1) is 22.0. The minimum atomic E-state index is 0.0368. The number of benzene rings is 3. The van der Waals surface area contributed by atoms with E-state index in [1.54, 1.807) is 12.1 Å². The van der Waals surface area contributed by atoms with Crippen molar-refractivity contribution in [1.29, 1.82) is 0 Å². The lowest BCUT2D eigenvalue weighted by atomic mass is 10.0. The number of hydrogen-bond acceptors (Lipinski definition) is 3. The fourth-order valence-electron chi connectivity index (χ4n) is 4.86. The minimum absolute atomic E-state index is 0.0368. The molecule has 5 rings (SSSR count). The van der Waals surface area contributed by atoms with Gasteiger partial charge >= 0.3 is 0 Å². The Kier molecular flexibility index (Phi) is 6.19. The molecule has 1 aliphatic heterocycles. The molecule has 5 heteroatoms. The number of carbonyl (C=O) groups is 1. The summed E-state index contributed by atoms with van der Waals surface area (Å²) in [4.78, 5) is 16.1. The highest BCUT2D eigenvalue weighted by atomic mass is 16.3. The molecule has 3 aromatic carbocycles. The van der Waals surface area contributed by atoms with Crippen LogP contribution in [0.4, 0.5) is 0 Å². The van der Waals surface area contributed by atoms with Crippen molar-refractivity contribution in [2.45, 2.75) is 19.4 Å². The van der Waals surface area contributed by atoms with Gasteiger partial charge in [0.15, 0.2) is 0 Å². The number of phenols is 1. The zero-order valence-electron chi connectivity index (χ0n) is 19.3. The molecule has 0 bridgehead atoms. The Hall–Kier alpha value is -3.83. The van der Waals surface area contributed by atoms with Crippen molar-refractivity contribution in [2.24, 2.45) is 0 Å². The number of hydrogen-bond donors (Lipinski definition) is 2. The number of nitrogens with one attached hydrogen (secondary N) is 1. The lowest BCUT2D eigenvalue weighted by Gasteiger charge is -2.36. The van der Waals surface area contributed by atoms with Crippen LogP contribution in [-0.2, 0) is 6.42 Å². The van der Waals surface area contributed by atoms with Gasteiger partial charge in [0.1, 0.15) is 5.75 Å². The molecule has 1 aliphatic rings. The molecule has 1 aromatic heterocycles. The topological polar surface area (TPSA) is 57.5 Å². The van der Waals surface area contributed by atoms with Gasteiger partial charge in [-0.25, -0.2) is 0 Å². The monoisotopic (exact) mass is 451 g/mol. The molecule has 1 amide bonds. The molecule has 0 saturated carbocycles. The minimum Gasteiger partial charge on any atom is -0.508 e. The molecule has 172 valence electrons. The van der Waals surface area contributed by atoms with Crippen molar-refractivity contribution in [3.8, 4) is 22.7 Å². The largest absolute Gasteiger partial charge is 0.508 e. The molecule has 0 spiro atoms. The third-order valence-electron chi connectivity index (χ3n) is 6.50. The van der Waals surface area contributed by atoms with E-state index >= 15 is 0 Å². The van der Waals surface area contributed by atoms with Crippen LogP contribution in [0.2, 0.25) is 0 Å². The predicted octanol–water partition coefficient (Wildman–Crippen LogP) is 4.82. The van der Waals surface area contributed by atoms with Crippen LogP contribution in [0.1, 0.15) is 21.6 Å². The smallest absolute Gasteiger partial charge is 0.256 e. The number of piperazine rings is 1. The van der Waals surface area contributed by atoms with E-state index in [1.807, 2.05) is 59.5 Å². The van der Waals surface area contributed by atoms with Crippen LogP contribution in [0.5, 0.6) is 5.75 Å². The highest BCUT2D eigenvalue weighted by molar-refractivity contribution is 6.01. The quantitative estimate of drug-likeness (QED) is 0.458. The Morgan fingerprint density at radius 3 is 2.35 bits per heavy atom. The summed E-state index contributed by atoms with van der Waals surface area (Å²) >= 11 is 0. The zero-order valence-corrected chi connectivity index (χ0v) is 19.3. The number of phenolic OH excluding ortho intramolecular Hbond substituents is 1. The van der Waals surface area contributed by atoms with Gasteiger partial charge < -0.3 is 19.9 Å². The molecule has 2 N–H and O–H groups in total.